The van der Waals surface area contributed by atoms with Gasteiger partial charge >= 0.3 is 7.12 Å². The molecule has 0 aromatic heterocycles. The van der Waals surface area contributed by atoms with Crippen LogP contribution in [0.1, 0.15) is 253 Å². The molecule has 2 nitrogen and oxygen atoms in total. The van der Waals surface area contributed by atoms with Crippen LogP contribution in [0.5, 0.6) is 0 Å². The number of fused-ring (bicyclic) bond motifs is 24. The molecule has 4 heteroatoms. The first-order valence-electron chi connectivity index (χ1n) is 49.3. The Hall–Kier alpha value is -12.0. The van der Waals surface area contributed by atoms with Gasteiger partial charge in [-0.05, 0) is 365 Å². The van der Waals surface area contributed by atoms with Gasteiger partial charge in [0.1, 0.15) is 0 Å². The van der Waals surface area contributed by atoms with E-state index in [0.29, 0.717) is 0 Å². The molecule has 0 atom stereocenters. The van der Waals surface area contributed by atoms with Crippen LogP contribution in [0.25, 0.3) is 145 Å². The van der Waals surface area contributed by atoms with Crippen LogP contribution in [0.3, 0.4) is 0 Å². The van der Waals surface area contributed by atoms with Crippen molar-refractivity contribution in [2.75, 3.05) is 0 Å². The van der Waals surface area contributed by atoms with Gasteiger partial charge in [0.25, 0.3) is 0 Å². The van der Waals surface area contributed by atoms with E-state index >= 15 is 0 Å². The van der Waals surface area contributed by atoms with Crippen molar-refractivity contribution in [2.45, 2.75) is 219 Å². The van der Waals surface area contributed by atoms with Crippen molar-refractivity contribution >= 4 is 28.5 Å². The monoisotopic (exact) mass is 1800 g/mol. The van der Waals surface area contributed by atoms with Gasteiger partial charge in [0.05, 0.1) is 11.2 Å². The van der Waals surface area contributed by atoms with Crippen LogP contribution >= 0.6 is 15.9 Å². The minimum Gasteiger partial charge on any atom is -0.399 e. The van der Waals surface area contributed by atoms with Gasteiger partial charge in [0.2, 0.25) is 0 Å². The minimum absolute atomic E-state index is 0.00300. The third-order valence-corrected chi connectivity index (χ3v) is 35.5. The number of benzene rings is 16. The van der Waals surface area contributed by atoms with Gasteiger partial charge in [-0.15, -0.1) is 0 Å². The topological polar surface area (TPSA) is 18.5 Å². The summed E-state index contributed by atoms with van der Waals surface area (Å²) in [5, 5.41) is 0. The molecule has 9 aliphatic rings. The standard InChI is InChI=1S/C62H54.C45H37Br.C23H29BO2/c1-9-62(10-2)53-18-14-12-15-43(53)49-29-23-42(36-58(49)62)41-22-28-48-47-27-21-40(34-56(47)61(7,8)57(48)35-41)39-20-26-46-45-25-19-38(32-54(45)60(5,6)55(46)33-39)37-24-30-52-50(31-37)44-16-11-13-17-51(44)59(52,3)4;1-43(2)37-10-8-7-9-31(37)32-16-11-26(21-38(32)43)27-12-17-33-34-18-13-28(23-40(34)44(3,4)39(33)22-27)29-14-19-35-36-20-15-30(46)25-42(36)45(5,6)41(35)24-29;1-7-23(8-2)19-12-10-9-11-17(19)18-14-13-16(15-20(18)23)24-25-21(3,4)22(5,6)26-24/h11-36H,9-10H2,1-8H3;7-25H,1-6H3;9-15H,7-8H2,1-6H3. The zero-order valence-corrected chi connectivity index (χ0v) is 83.2. The van der Waals surface area contributed by atoms with Crippen LogP contribution in [0, 0.1) is 0 Å². The van der Waals surface area contributed by atoms with E-state index in [9.17, 15) is 0 Å². The van der Waals surface area contributed by atoms with E-state index < -0.39 is 0 Å². The number of hydrogen-bond acceptors (Lipinski definition) is 2. The molecule has 8 aliphatic carbocycles. The first-order chi connectivity index (χ1) is 64.1. The molecule has 1 aliphatic heterocycles. The minimum atomic E-state index is -0.313. The quantitative estimate of drug-likeness (QED) is 0.127. The smallest absolute Gasteiger partial charge is 0.399 e. The normalized spacial score (nSPS) is 17.6. The molecule has 16 aromatic rings. The lowest BCUT2D eigenvalue weighted by Crippen LogP contribution is -2.41. The molecule has 0 saturated carbocycles. The molecule has 16 aromatic carbocycles. The van der Waals surface area contributed by atoms with E-state index in [1.165, 1.54) is 234 Å². The predicted octanol–water partition coefficient (Wildman–Crippen LogP) is 34.5. The third kappa shape index (κ3) is 12.3. The van der Waals surface area contributed by atoms with Gasteiger partial charge in [0.15, 0.2) is 0 Å². The van der Waals surface area contributed by atoms with E-state index in [0.717, 1.165) is 35.6 Å². The molecule has 1 heterocycles. The maximum absolute atomic E-state index is 6.30. The molecule has 0 unspecified atom stereocenters. The van der Waals surface area contributed by atoms with Crippen molar-refractivity contribution in [1.29, 1.82) is 0 Å². The van der Waals surface area contributed by atoms with Crippen LogP contribution in [0.2, 0.25) is 0 Å². The highest BCUT2D eigenvalue weighted by molar-refractivity contribution is 9.10. The van der Waals surface area contributed by atoms with Gasteiger partial charge in [-0.25, -0.2) is 0 Å². The van der Waals surface area contributed by atoms with Crippen molar-refractivity contribution in [1.82, 2.24) is 0 Å². The Morgan fingerprint density at radius 3 is 0.701 bits per heavy atom. The van der Waals surface area contributed by atoms with E-state index in [4.69, 9.17) is 9.31 Å². The summed E-state index contributed by atoms with van der Waals surface area (Å²) in [6.45, 7) is 46.4. The fourth-order valence-electron chi connectivity index (χ4n) is 26.2. The molecule has 0 N–H and O–H groups in total. The van der Waals surface area contributed by atoms with E-state index in [1.54, 1.807) is 0 Å². The van der Waals surface area contributed by atoms with E-state index in [-0.39, 0.29) is 61.6 Å². The molecule has 0 bridgehead atoms. The van der Waals surface area contributed by atoms with Crippen molar-refractivity contribution in [2.24, 2.45) is 0 Å². The fraction of sp³-hybridized carbons (Fsp3) is 0.262. The summed E-state index contributed by atoms with van der Waals surface area (Å²) >= 11 is 3.70. The molecule has 0 spiro atoms. The van der Waals surface area contributed by atoms with E-state index in [2.05, 4.69) is 470 Å². The Morgan fingerprint density at radius 2 is 0.388 bits per heavy atom. The van der Waals surface area contributed by atoms with Gasteiger partial charge in [-0.1, -0.05) is 369 Å². The Bertz CT molecular complexity index is 7690. The SMILES string of the molecule is CC1(C)c2ccccc2-c2ccc(-c3ccc4c(c3)C(C)(C)c3cc(-c5ccc6c(c5)C(C)(C)c5cc(Br)ccc5-6)ccc3-4)cc21.CCC1(CC)c2ccccc2-c2ccc(-c3ccc4c(c3)C(C)(C)c3cc(-c5ccc6c(c5)C(C)(C)c5cc(-c7ccc8c(c7)-c7ccccc7C8(C)C)ccc5-6)ccc3-4)cc21.CCC1(CC)c2ccccc2-c2ccc(B3OC(C)(C)C(C)(C)O3)cc21. The Balaban J connectivity index is 0.000000123. The largest absolute Gasteiger partial charge is 0.494 e. The molecule has 25 rings (SSSR count). The summed E-state index contributed by atoms with van der Waals surface area (Å²) in [5.74, 6) is 0. The summed E-state index contributed by atoms with van der Waals surface area (Å²) in [6, 6.07) is 121. The Labute approximate surface area is 804 Å². The van der Waals surface area contributed by atoms with Crippen molar-refractivity contribution in [3.05, 3.63) is 409 Å². The first kappa shape index (κ1) is 86.1. The zero-order chi connectivity index (χ0) is 93.0. The number of halogens is 1. The predicted molar refractivity (Wildman–Crippen MR) is 569 cm³/mol. The van der Waals surface area contributed by atoms with Gasteiger partial charge < -0.3 is 9.31 Å². The lowest BCUT2D eigenvalue weighted by atomic mass is 9.71. The number of rotatable bonds is 10. The van der Waals surface area contributed by atoms with Crippen molar-refractivity contribution < 1.29 is 9.31 Å². The van der Waals surface area contributed by atoms with Crippen molar-refractivity contribution in [3.63, 3.8) is 0 Å². The van der Waals surface area contributed by atoms with Crippen LogP contribution in [-0.2, 0) is 52.6 Å². The zero-order valence-electron chi connectivity index (χ0n) is 81.6. The average molecular weight is 1810 g/mol. The van der Waals surface area contributed by atoms with Crippen molar-refractivity contribution in [3.8, 4) is 145 Å². The third-order valence-electron chi connectivity index (χ3n) is 35.0. The second kappa shape index (κ2) is 30.0. The highest BCUT2D eigenvalue weighted by Gasteiger charge is 2.53. The Morgan fingerprint density at radius 1 is 0.187 bits per heavy atom. The lowest BCUT2D eigenvalue weighted by Gasteiger charge is -2.32. The summed E-state index contributed by atoms with van der Waals surface area (Å²) < 4.78 is 13.7. The van der Waals surface area contributed by atoms with Gasteiger partial charge in [-0.3, -0.25) is 0 Å². The molecule has 0 amide bonds. The second-order valence-corrected chi connectivity index (χ2v) is 45.1. The second-order valence-electron chi connectivity index (χ2n) is 44.2. The molecular formula is C130H120BBrO2. The lowest BCUT2D eigenvalue weighted by molar-refractivity contribution is 0.00578. The summed E-state index contributed by atoms with van der Waals surface area (Å²) in [7, 11) is -0.305. The van der Waals surface area contributed by atoms with Crippen LogP contribution in [-0.4, -0.2) is 18.3 Å². The molecule has 134 heavy (non-hydrogen) atoms. The van der Waals surface area contributed by atoms with Gasteiger partial charge in [0, 0.05) is 47.8 Å². The molecule has 662 valence electrons. The van der Waals surface area contributed by atoms with Crippen LogP contribution in [0.4, 0.5) is 0 Å². The Kier molecular flexibility index (Phi) is 19.3. The molecule has 0 radical (unpaired) electrons. The number of hydrogen-bond donors (Lipinski definition) is 0. The molecule has 1 saturated heterocycles. The summed E-state index contributed by atoms with van der Waals surface area (Å²) in [4.78, 5) is 0. The summed E-state index contributed by atoms with van der Waals surface area (Å²) in [6.07, 6.45) is 4.40. The van der Waals surface area contributed by atoms with E-state index in [1.807, 2.05) is 0 Å². The fourth-order valence-corrected chi connectivity index (χ4v) is 26.6. The van der Waals surface area contributed by atoms with Gasteiger partial charge in [-0.2, -0.15) is 0 Å². The van der Waals surface area contributed by atoms with Crippen LogP contribution < -0.4 is 5.46 Å². The molecular weight excluding hydrogens is 1680 g/mol. The molecule has 1 fully saturated rings. The maximum atomic E-state index is 6.30. The summed E-state index contributed by atoms with van der Waals surface area (Å²) in [5.41, 5.74) is 58.0. The first-order valence-corrected chi connectivity index (χ1v) is 50.1. The maximum Gasteiger partial charge on any atom is 0.494 e. The highest BCUT2D eigenvalue weighted by Crippen LogP contribution is 2.61. The van der Waals surface area contributed by atoms with Crippen LogP contribution in [0.15, 0.2) is 320 Å². The highest BCUT2D eigenvalue weighted by atomic mass is 79.9. The average Bonchev–Trinajstić information content (AvgIpc) is 1.56.